The first-order valence-electron chi connectivity index (χ1n) is 4.95. The lowest BCUT2D eigenvalue weighted by molar-refractivity contribution is -0.137. The highest BCUT2D eigenvalue weighted by Gasteiger charge is 2.33. The molecule has 0 spiro atoms. The number of hydrogen-bond donors (Lipinski definition) is 1. The van der Waals surface area contributed by atoms with Gasteiger partial charge in [0.25, 0.3) is 0 Å². The minimum Gasteiger partial charge on any atom is -0.342 e. The second-order valence-electron chi connectivity index (χ2n) is 3.87. The van der Waals surface area contributed by atoms with E-state index in [9.17, 15) is 4.79 Å². The number of amides is 1. The van der Waals surface area contributed by atoms with Gasteiger partial charge in [-0.1, -0.05) is 13.8 Å². The Labute approximate surface area is 81.3 Å². The minimum absolute atomic E-state index is 0.0486. The second-order valence-corrected chi connectivity index (χ2v) is 3.87. The van der Waals surface area contributed by atoms with Crippen molar-refractivity contribution >= 4 is 5.91 Å². The summed E-state index contributed by atoms with van der Waals surface area (Å²) in [6, 6.07) is 0.216. The van der Waals surface area contributed by atoms with E-state index >= 15 is 0 Å². The zero-order chi connectivity index (χ0) is 10.6. The lowest BCUT2D eigenvalue weighted by atomic mass is 9.92. The number of likely N-dealkylation sites (N-methyl/N-ethyl adjacent to an activating group) is 1. The van der Waals surface area contributed by atoms with Crippen LogP contribution in [0.4, 0.5) is 0 Å². The number of carbonyl (C=O) groups excluding carboxylic acids is 1. The van der Waals surface area contributed by atoms with E-state index in [1.165, 1.54) is 0 Å². The molecule has 0 rings (SSSR count). The summed E-state index contributed by atoms with van der Waals surface area (Å²) in [4.78, 5) is 13.6. The summed E-state index contributed by atoms with van der Waals surface area (Å²) in [7, 11) is 1.81. The Bertz CT molecular complexity index is 174. The summed E-state index contributed by atoms with van der Waals surface area (Å²) in [5.74, 6) is 0.0486. The molecule has 2 N–H and O–H groups in total. The molecule has 0 atom stereocenters. The van der Waals surface area contributed by atoms with Gasteiger partial charge in [-0.3, -0.25) is 4.79 Å². The first-order chi connectivity index (χ1) is 5.89. The largest absolute Gasteiger partial charge is 0.342 e. The Kier molecular flexibility index (Phi) is 4.40. The predicted molar refractivity (Wildman–Crippen MR) is 55.4 cm³/mol. The Hall–Kier alpha value is -0.570. The van der Waals surface area contributed by atoms with Gasteiger partial charge >= 0.3 is 0 Å². The molecule has 3 heteroatoms. The number of hydrogen-bond acceptors (Lipinski definition) is 2. The fourth-order valence-electron chi connectivity index (χ4n) is 1.14. The molecule has 0 radical (unpaired) electrons. The van der Waals surface area contributed by atoms with Crippen LogP contribution in [0.1, 0.15) is 40.5 Å². The molecule has 78 valence electrons. The highest BCUT2D eigenvalue weighted by atomic mass is 16.2. The van der Waals surface area contributed by atoms with E-state index in [1.807, 2.05) is 27.7 Å². The van der Waals surface area contributed by atoms with Crippen LogP contribution >= 0.6 is 0 Å². The maximum absolute atomic E-state index is 11.9. The molecule has 0 saturated carbocycles. The van der Waals surface area contributed by atoms with Crippen molar-refractivity contribution in [3.63, 3.8) is 0 Å². The fraction of sp³-hybridized carbons (Fsp3) is 0.900. The average molecular weight is 186 g/mol. The van der Waals surface area contributed by atoms with Crippen molar-refractivity contribution in [2.45, 2.75) is 52.1 Å². The van der Waals surface area contributed by atoms with E-state index < -0.39 is 5.54 Å². The lowest BCUT2D eigenvalue weighted by Crippen LogP contribution is -2.55. The maximum atomic E-state index is 11.9. The molecule has 3 nitrogen and oxygen atoms in total. The molecule has 1 amide bonds. The van der Waals surface area contributed by atoms with E-state index in [0.717, 1.165) is 0 Å². The second kappa shape index (κ2) is 4.61. The first-order valence-corrected chi connectivity index (χ1v) is 4.95. The van der Waals surface area contributed by atoms with Gasteiger partial charge in [0, 0.05) is 13.1 Å². The van der Waals surface area contributed by atoms with Crippen LogP contribution in [0.5, 0.6) is 0 Å². The molecule has 0 aromatic heterocycles. The molecule has 0 saturated heterocycles. The first kappa shape index (κ1) is 12.4. The number of carbonyl (C=O) groups is 1. The Morgan fingerprint density at radius 3 is 2.00 bits per heavy atom. The van der Waals surface area contributed by atoms with Crippen molar-refractivity contribution in [2.24, 2.45) is 5.73 Å². The number of nitrogens with two attached hydrogens (primary N) is 1. The molecular formula is C10H22N2O. The molecule has 0 aromatic rings. The molecule has 13 heavy (non-hydrogen) atoms. The maximum Gasteiger partial charge on any atom is 0.242 e. The Balaban J connectivity index is 4.56. The topological polar surface area (TPSA) is 46.3 Å². The Morgan fingerprint density at radius 2 is 1.77 bits per heavy atom. The third-order valence-electron chi connectivity index (χ3n) is 2.78. The van der Waals surface area contributed by atoms with E-state index in [1.54, 1.807) is 11.9 Å². The summed E-state index contributed by atoms with van der Waals surface area (Å²) in [5.41, 5.74) is 5.32. The summed E-state index contributed by atoms with van der Waals surface area (Å²) in [6.07, 6.45) is 1.39. The summed E-state index contributed by atoms with van der Waals surface area (Å²) in [5, 5.41) is 0. The molecule has 0 aliphatic carbocycles. The van der Waals surface area contributed by atoms with Crippen molar-refractivity contribution in [3.8, 4) is 0 Å². The summed E-state index contributed by atoms with van der Waals surface area (Å²) in [6.45, 7) is 7.89. The van der Waals surface area contributed by atoms with Crippen LogP contribution < -0.4 is 5.73 Å². The van der Waals surface area contributed by atoms with Gasteiger partial charge < -0.3 is 10.6 Å². The molecule has 0 fully saturated rings. The summed E-state index contributed by atoms with van der Waals surface area (Å²) < 4.78 is 0. The highest BCUT2D eigenvalue weighted by molar-refractivity contribution is 5.86. The van der Waals surface area contributed by atoms with Crippen LogP contribution in [-0.4, -0.2) is 29.4 Å². The molecule has 0 aromatic carbocycles. The van der Waals surface area contributed by atoms with Crippen molar-refractivity contribution in [1.82, 2.24) is 4.90 Å². The molecule has 0 bridgehead atoms. The molecule has 0 aliphatic rings. The normalized spacial score (nSPS) is 11.9. The smallest absolute Gasteiger partial charge is 0.242 e. The molecule has 0 unspecified atom stereocenters. The summed E-state index contributed by atoms with van der Waals surface area (Å²) >= 11 is 0. The zero-order valence-corrected chi connectivity index (χ0v) is 9.42. The predicted octanol–water partition coefficient (Wildman–Crippen LogP) is 1.37. The van der Waals surface area contributed by atoms with Gasteiger partial charge in [0.2, 0.25) is 5.91 Å². The van der Waals surface area contributed by atoms with Crippen LogP contribution in [-0.2, 0) is 4.79 Å². The fourth-order valence-corrected chi connectivity index (χ4v) is 1.14. The van der Waals surface area contributed by atoms with Gasteiger partial charge in [-0.2, -0.15) is 0 Å². The van der Waals surface area contributed by atoms with E-state index in [0.29, 0.717) is 12.8 Å². The van der Waals surface area contributed by atoms with Crippen LogP contribution in [0.15, 0.2) is 0 Å². The monoisotopic (exact) mass is 186 g/mol. The molecule has 0 aliphatic heterocycles. The standard InChI is InChI=1S/C10H22N2O/c1-6-10(11,7-2)9(13)12(5)8(3)4/h8H,6-7,11H2,1-5H3. The van der Waals surface area contributed by atoms with Gasteiger partial charge in [0.05, 0.1) is 5.54 Å². The van der Waals surface area contributed by atoms with Gasteiger partial charge in [0.1, 0.15) is 0 Å². The highest BCUT2D eigenvalue weighted by Crippen LogP contribution is 2.15. The lowest BCUT2D eigenvalue weighted by Gasteiger charge is -2.32. The Morgan fingerprint density at radius 1 is 1.38 bits per heavy atom. The van der Waals surface area contributed by atoms with E-state index in [4.69, 9.17) is 5.73 Å². The molecule has 0 heterocycles. The van der Waals surface area contributed by atoms with Gasteiger partial charge in [-0.15, -0.1) is 0 Å². The van der Waals surface area contributed by atoms with Gasteiger partial charge in [0.15, 0.2) is 0 Å². The van der Waals surface area contributed by atoms with Crippen LogP contribution in [0.3, 0.4) is 0 Å². The van der Waals surface area contributed by atoms with E-state index in [-0.39, 0.29) is 11.9 Å². The zero-order valence-electron chi connectivity index (χ0n) is 9.42. The van der Waals surface area contributed by atoms with Crippen molar-refractivity contribution in [2.75, 3.05) is 7.05 Å². The van der Waals surface area contributed by atoms with E-state index in [2.05, 4.69) is 0 Å². The quantitative estimate of drug-likeness (QED) is 0.720. The third kappa shape index (κ3) is 2.69. The average Bonchev–Trinajstić information content (AvgIpc) is 2.14. The molecular weight excluding hydrogens is 164 g/mol. The third-order valence-corrected chi connectivity index (χ3v) is 2.78. The van der Waals surface area contributed by atoms with Crippen molar-refractivity contribution < 1.29 is 4.79 Å². The van der Waals surface area contributed by atoms with Crippen LogP contribution in [0.25, 0.3) is 0 Å². The minimum atomic E-state index is -0.668. The SMILES string of the molecule is CCC(N)(CC)C(=O)N(C)C(C)C. The van der Waals surface area contributed by atoms with Gasteiger partial charge in [-0.05, 0) is 26.7 Å². The number of nitrogens with zero attached hydrogens (tertiary/aromatic N) is 1. The van der Waals surface area contributed by atoms with Crippen LogP contribution in [0.2, 0.25) is 0 Å². The van der Waals surface area contributed by atoms with Crippen molar-refractivity contribution in [1.29, 1.82) is 0 Å². The number of rotatable bonds is 4. The van der Waals surface area contributed by atoms with Crippen molar-refractivity contribution in [3.05, 3.63) is 0 Å². The van der Waals surface area contributed by atoms with Crippen LogP contribution in [0, 0.1) is 0 Å². The van der Waals surface area contributed by atoms with Gasteiger partial charge in [-0.25, -0.2) is 0 Å².